The molecule has 1 N–H and O–H groups in total. The van der Waals surface area contributed by atoms with E-state index in [0.717, 1.165) is 0 Å². The van der Waals surface area contributed by atoms with Gasteiger partial charge >= 0.3 is 5.97 Å². The van der Waals surface area contributed by atoms with Crippen LogP contribution in [-0.4, -0.2) is 30.8 Å². The largest absolute Gasteiger partial charge is 0.478 e. The first-order chi connectivity index (χ1) is 8.10. The van der Waals surface area contributed by atoms with Crippen LogP contribution in [0.2, 0.25) is 0 Å². The molecule has 0 radical (unpaired) electrons. The summed E-state index contributed by atoms with van der Waals surface area (Å²) in [6, 6.07) is 4.60. The van der Waals surface area contributed by atoms with E-state index in [2.05, 4.69) is 15.1 Å². The molecule has 2 aromatic rings. The summed E-state index contributed by atoms with van der Waals surface area (Å²) in [5.74, 6) is -0.723. The summed E-state index contributed by atoms with van der Waals surface area (Å²) in [6.45, 7) is 1.68. The quantitative estimate of drug-likeness (QED) is 0.805. The fourth-order valence-electron chi connectivity index (χ4n) is 1.32. The van der Waals surface area contributed by atoms with Crippen LogP contribution in [0.5, 0.6) is 0 Å². The molecule has 0 bridgehead atoms. The lowest BCUT2D eigenvalue weighted by molar-refractivity contribution is 0.0696. The van der Waals surface area contributed by atoms with Gasteiger partial charge in [-0.3, -0.25) is 0 Å². The van der Waals surface area contributed by atoms with Crippen molar-refractivity contribution in [2.24, 2.45) is 0 Å². The minimum Gasteiger partial charge on any atom is -0.478 e. The number of aromatic carboxylic acids is 1. The molecular formula is C10H7N5O2. The van der Waals surface area contributed by atoms with Crippen LogP contribution in [0.25, 0.3) is 5.82 Å². The fraction of sp³-hybridized carbons (Fsp3) is 0.100. The standard InChI is InChI=1S/C10H7N5O2/c1-6-2-7(10(16)17)3-9(13-6)15-5-12-8(4-11)14-15/h2-3,5H,1H3,(H,16,17). The topological polar surface area (TPSA) is 105 Å². The maximum absolute atomic E-state index is 10.9. The highest BCUT2D eigenvalue weighted by atomic mass is 16.4. The number of hydrogen-bond acceptors (Lipinski definition) is 5. The van der Waals surface area contributed by atoms with E-state index < -0.39 is 5.97 Å². The first-order valence-corrected chi connectivity index (χ1v) is 4.64. The molecule has 0 aliphatic heterocycles. The number of carbonyl (C=O) groups is 1. The summed E-state index contributed by atoms with van der Waals surface area (Å²) in [4.78, 5) is 18.7. The van der Waals surface area contributed by atoms with Crippen LogP contribution >= 0.6 is 0 Å². The van der Waals surface area contributed by atoms with Crippen molar-refractivity contribution in [1.82, 2.24) is 19.7 Å². The Morgan fingerprint density at radius 3 is 2.88 bits per heavy atom. The van der Waals surface area contributed by atoms with Gasteiger partial charge in [-0.15, -0.1) is 5.10 Å². The number of carboxylic acid groups (broad SMARTS) is 1. The third-order valence-electron chi connectivity index (χ3n) is 2.01. The Bertz CT molecular complexity index is 626. The van der Waals surface area contributed by atoms with Gasteiger partial charge in [-0.25, -0.2) is 19.4 Å². The Morgan fingerprint density at radius 2 is 2.29 bits per heavy atom. The summed E-state index contributed by atoms with van der Waals surface area (Å²) in [5.41, 5.74) is 0.662. The Morgan fingerprint density at radius 1 is 1.53 bits per heavy atom. The van der Waals surface area contributed by atoms with Gasteiger partial charge in [-0.2, -0.15) is 5.26 Å². The van der Waals surface area contributed by atoms with Gasteiger partial charge in [0.2, 0.25) is 0 Å². The Kier molecular flexibility index (Phi) is 2.54. The summed E-state index contributed by atoms with van der Waals surface area (Å²) >= 11 is 0. The van der Waals surface area contributed by atoms with Crippen molar-refractivity contribution in [2.75, 3.05) is 0 Å². The lowest BCUT2D eigenvalue weighted by atomic mass is 10.2. The van der Waals surface area contributed by atoms with Crippen molar-refractivity contribution < 1.29 is 9.90 Å². The van der Waals surface area contributed by atoms with Crippen LogP contribution in [0.15, 0.2) is 18.5 Å². The van der Waals surface area contributed by atoms with Crippen LogP contribution in [-0.2, 0) is 0 Å². The third-order valence-corrected chi connectivity index (χ3v) is 2.01. The number of nitriles is 1. The molecule has 2 aromatic heterocycles. The molecule has 7 nitrogen and oxygen atoms in total. The van der Waals surface area contributed by atoms with Gasteiger partial charge in [-0.1, -0.05) is 0 Å². The molecular weight excluding hydrogens is 222 g/mol. The Labute approximate surface area is 96.0 Å². The van der Waals surface area contributed by atoms with Crippen LogP contribution in [0.3, 0.4) is 0 Å². The Hall–Kier alpha value is -2.75. The lowest BCUT2D eigenvalue weighted by Crippen LogP contribution is -2.04. The maximum atomic E-state index is 10.9. The zero-order valence-electron chi connectivity index (χ0n) is 8.82. The van der Waals surface area contributed by atoms with Crippen LogP contribution < -0.4 is 0 Å². The van der Waals surface area contributed by atoms with E-state index in [4.69, 9.17) is 10.4 Å². The van der Waals surface area contributed by atoms with Gasteiger partial charge in [-0.05, 0) is 19.1 Å². The van der Waals surface area contributed by atoms with Gasteiger partial charge < -0.3 is 5.11 Å². The van der Waals surface area contributed by atoms with E-state index in [0.29, 0.717) is 11.5 Å². The number of carboxylic acids is 1. The van der Waals surface area contributed by atoms with Gasteiger partial charge in [0.25, 0.3) is 5.82 Å². The lowest BCUT2D eigenvalue weighted by Gasteiger charge is -2.02. The molecule has 0 saturated heterocycles. The monoisotopic (exact) mass is 229 g/mol. The first-order valence-electron chi connectivity index (χ1n) is 4.64. The molecule has 0 atom stereocenters. The summed E-state index contributed by atoms with van der Waals surface area (Å²) < 4.78 is 1.26. The first kappa shape index (κ1) is 10.8. The zero-order chi connectivity index (χ0) is 12.4. The van der Waals surface area contributed by atoms with Crippen molar-refractivity contribution in [3.8, 4) is 11.9 Å². The van der Waals surface area contributed by atoms with Crippen molar-refractivity contribution >= 4 is 5.97 Å². The molecule has 0 aliphatic carbocycles. The number of nitrogens with zero attached hydrogens (tertiary/aromatic N) is 5. The average molecular weight is 229 g/mol. The van der Waals surface area contributed by atoms with Crippen LogP contribution in [0.1, 0.15) is 21.9 Å². The zero-order valence-corrected chi connectivity index (χ0v) is 8.82. The molecule has 0 unspecified atom stereocenters. The van der Waals surface area contributed by atoms with E-state index in [9.17, 15) is 4.79 Å². The number of rotatable bonds is 2. The molecule has 0 spiro atoms. The number of pyridine rings is 1. The highest BCUT2D eigenvalue weighted by Gasteiger charge is 2.09. The third kappa shape index (κ3) is 2.10. The van der Waals surface area contributed by atoms with Gasteiger partial charge in [0.1, 0.15) is 12.4 Å². The number of aryl methyl sites for hydroxylation is 1. The molecule has 0 amide bonds. The predicted octanol–water partition coefficient (Wildman–Crippen LogP) is 0.541. The van der Waals surface area contributed by atoms with E-state index >= 15 is 0 Å². The predicted molar refractivity (Wildman–Crippen MR) is 55.6 cm³/mol. The normalized spacial score (nSPS) is 9.88. The fourth-order valence-corrected chi connectivity index (χ4v) is 1.32. The smallest absolute Gasteiger partial charge is 0.335 e. The highest BCUT2D eigenvalue weighted by molar-refractivity contribution is 5.88. The van der Waals surface area contributed by atoms with Crippen molar-refractivity contribution in [3.63, 3.8) is 0 Å². The minimum absolute atomic E-state index is 0.00480. The second kappa shape index (κ2) is 4.02. The molecule has 17 heavy (non-hydrogen) atoms. The minimum atomic E-state index is -1.04. The van der Waals surface area contributed by atoms with E-state index in [1.165, 1.54) is 23.1 Å². The van der Waals surface area contributed by atoms with Gasteiger partial charge in [0.15, 0.2) is 5.82 Å². The molecule has 0 saturated carbocycles. The Balaban J connectivity index is 2.52. The van der Waals surface area contributed by atoms with E-state index in [-0.39, 0.29) is 11.4 Å². The van der Waals surface area contributed by atoms with Gasteiger partial charge in [0, 0.05) is 5.69 Å². The van der Waals surface area contributed by atoms with Crippen molar-refractivity contribution in [3.05, 3.63) is 35.5 Å². The second-order valence-electron chi connectivity index (χ2n) is 3.29. The molecule has 0 fully saturated rings. The maximum Gasteiger partial charge on any atom is 0.335 e. The molecule has 2 heterocycles. The summed E-state index contributed by atoms with van der Waals surface area (Å²) in [6.07, 6.45) is 1.31. The van der Waals surface area contributed by atoms with Crippen LogP contribution in [0, 0.1) is 18.3 Å². The van der Waals surface area contributed by atoms with Gasteiger partial charge in [0.05, 0.1) is 5.56 Å². The van der Waals surface area contributed by atoms with Crippen molar-refractivity contribution in [1.29, 1.82) is 5.26 Å². The molecule has 2 rings (SSSR count). The molecule has 7 heteroatoms. The number of aromatic nitrogens is 4. The molecule has 0 aromatic carbocycles. The highest BCUT2D eigenvalue weighted by Crippen LogP contribution is 2.09. The van der Waals surface area contributed by atoms with E-state index in [1.807, 2.05) is 0 Å². The molecule has 84 valence electrons. The molecule has 0 aliphatic rings. The van der Waals surface area contributed by atoms with Crippen LogP contribution in [0.4, 0.5) is 0 Å². The second-order valence-corrected chi connectivity index (χ2v) is 3.29. The van der Waals surface area contributed by atoms with Crippen molar-refractivity contribution in [2.45, 2.75) is 6.92 Å². The summed E-state index contributed by atoms with van der Waals surface area (Å²) in [5, 5.41) is 21.3. The summed E-state index contributed by atoms with van der Waals surface area (Å²) in [7, 11) is 0. The number of hydrogen-bond donors (Lipinski definition) is 1. The van der Waals surface area contributed by atoms with E-state index in [1.54, 1.807) is 13.0 Å². The average Bonchev–Trinajstić information content (AvgIpc) is 2.76. The SMILES string of the molecule is Cc1cc(C(=O)O)cc(-n2cnc(C#N)n2)n1.